The summed E-state index contributed by atoms with van der Waals surface area (Å²) in [6, 6.07) is 0. The third kappa shape index (κ3) is 42.9. The van der Waals surface area contributed by atoms with Crippen LogP contribution in [0, 0.1) is 0 Å². The first kappa shape index (κ1) is 25.4. The van der Waals surface area contributed by atoms with Crippen LogP contribution in [-0.2, 0) is 10.4 Å². The minimum absolute atomic E-state index is 0. The SMILES string of the molecule is CCCCCCCCCCCCCC.O=S(=O)(O)O.[AlH3]. The summed E-state index contributed by atoms with van der Waals surface area (Å²) in [4.78, 5) is 0. The Morgan fingerprint density at radius 2 is 0.750 bits per heavy atom. The average molecular weight is 326 g/mol. The Morgan fingerprint density at radius 1 is 0.600 bits per heavy atom. The van der Waals surface area contributed by atoms with Gasteiger partial charge in [0.15, 0.2) is 17.4 Å². The van der Waals surface area contributed by atoms with Crippen LogP contribution in [-0.4, -0.2) is 34.9 Å². The van der Waals surface area contributed by atoms with Crippen LogP contribution in [0.1, 0.15) is 90.9 Å². The molecule has 0 fully saturated rings. The third-order valence-electron chi connectivity index (χ3n) is 2.96. The second kappa shape index (κ2) is 19.4. The normalized spacial score (nSPS) is 10.4. The second-order valence-corrected chi connectivity index (χ2v) is 5.88. The lowest BCUT2D eigenvalue weighted by Gasteiger charge is -2.01. The molecule has 0 saturated heterocycles. The van der Waals surface area contributed by atoms with Gasteiger partial charge in [-0.05, 0) is 0 Å². The van der Waals surface area contributed by atoms with E-state index in [1.807, 2.05) is 0 Å². The van der Waals surface area contributed by atoms with Crippen molar-refractivity contribution < 1.29 is 17.5 Å². The van der Waals surface area contributed by atoms with E-state index in [4.69, 9.17) is 17.5 Å². The van der Waals surface area contributed by atoms with Gasteiger partial charge >= 0.3 is 10.4 Å². The molecule has 124 valence electrons. The Morgan fingerprint density at radius 3 is 0.900 bits per heavy atom. The molecule has 4 nitrogen and oxygen atoms in total. The van der Waals surface area contributed by atoms with Gasteiger partial charge in [-0.3, -0.25) is 9.11 Å². The first-order chi connectivity index (χ1) is 8.91. The number of unbranched alkanes of at least 4 members (excludes halogenated alkanes) is 11. The van der Waals surface area contributed by atoms with E-state index in [1.165, 1.54) is 77.0 Å². The van der Waals surface area contributed by atoms with Gasteiger partial charge < -0.3 is 0 Å². The van der Waals surface area contributed by atoms with Crippen LogP contribution in [0.4, 0.5) is 0 Å². The van der Waals surface area contributed by atoms with Crippen molar-refractivity contribution in [3.8, 4) is 0 Å². The van der Waals surface area contributed by atoms with Crippen LogP contribution < -0.4 is 0 Å². The lowest BCUT2D eigenvalue weighted by Crippen LogP contribution is -1.89. The van der Waals surface area contributed by atoms with Gasteiger partial charge in [0.25, 0.3) is 0 Å². The minimum atomic E-state index is -4.67. The largest absolute Gasteiger partial charge is 0.394 e. The van der Waals surface area contributed by atoms with E-state index in [-0.39, 0.29) is 17.4 Å². The van der Waals surface area contributed by atoms with Gasteiger partial charge in [0.2, 0.25) is 0 Å². The van der Waals surface area contributed by atoms with Crippen LogP contribution in [0.2, 0.25) is 0 Å². The molecule has 0 aliphatic carbocycles. The topological polar surface area (TPSA) is 74.6 Å². The molecule has 0 aromatic heterocycles. The molecule has 0 amide bonds. The maximum absolute atomic E-state index is 8.74. The molecule has 0 unspecified atom stereocenters. The summed E-state index contributed by atoms with van der Waals surface area (Å²) >= 11 is 0. The van der Waals surface area contributed by atoms with Crippen LogP contribution >= 0.6 is 0 Å². The van der Waals surface area contributed by atoms with Crippen LogP contribution in [0.3, 0.4) is 0 Å². The fourth-order valence-corrected chi connectivity index (χ4v) is 1.91. The zero-order valence-corrected chi connectivity index (χ0v) is 13.4. The molecule has 0 heterocycles. The van der Waals surface area contributed by atoms with Gasteiger partial charge in [0.1, 0.15) is 0 Å². The van der Waals surface area contributed by atoms with Crippen LogP contribution in [0.5, 0.6) is 0 Å². The lowest BCUT2D eigenvalue weighted by atomic mass is 10.1. The van der Waals surface area contributed by atoms with Gasteiger partial charge in [0.05, 0.1) is 0 Å². The molecule has 20 heavy (non-hydrogen) atoms. The third-order valence-corrected chi connectivity index (χ3v) is 2.96. The summed E-state index contributed by atoms with van der Waals surface area (Å²) < 4.78 is 31.6. The first-order valence-electron chi connectivity index (χ1n) is 7.61. The standard InChI is InChI=1S/C14H30.Al.H2O4S.3H/c1-3-5-7-9-11-13-14-12-10-8-6-4-2;;1-5(2,3)4;;;/h3-14H2,1-2H3;;(H2,1,2,3,4);;;. The zero-order valence-electron chi connectivity index (χ0n) is 12.6. The molecular formula is C14H35AlO4S. The highest BCUT2D eigenvalue weighted by atomic mass is 32.3. The zero-order chi connectivity index (χ0) is 15.0. The summed E-state index contributed by atoms with van der Waals surface area (Å²) in [7, 11) is -4.67. The second-order valence-electron chi connectivity index (χ2n) is 4.98. The maximum Gasteiger partial charge on any atom is 0.394 e. The molecule has 0 atom stereocenters. The van der Waals surface area contributed by atoms with E-state index in [2.05, 4.69) is 13.8 Å². The molecular weight excluding hydrogens is 291 g/mol. The fourth-order valence-electron chi connectivity index (χ4n) is 1.91. The van der Waals surface area contributed by atoms with E-state index >= 15 is 0 Å². The van der Waals surface area contributed by atoms with Gasteiger partial charge in [-0.15, -0.1) is 0 Å². The quantitative estimate of drug-likeness (QED) is 0.343. The number of hydrogen-bond acceptors (Lipinski definition) is 2. The van der Waals surface area contributed by atoms with Crippen molar-refractivity contribution in [3.05, 3.63) is 0 Å². The summed E-state index contributed by atoms with van der Waals surface area (Å²) in [6.07, 6.45) is 17.4. The number of hydrogen-bond donors (Lipinski definition) is 2. The predicted octanol–water partition coefficient (Wildman–Crippen LogP) is 3.87. The summed E-state index contributed by atoms with van der Waals surface area (Å²) in [6.45, 7) is 4.57. The summed E-state index contributed by atoms with van der Waals surface area (Å²) in [5, 5.41) is 0. The molecule has 0 rings (SSSR count). The van der Waals surface area contributed by atoms with Gasteiger partial charge in [-0.2, -0.15) is 8.42 Å². The molecule has 0 aliphatic heterocycles. The molecule has 0 aromatic rings. The lowest BCUT2D eigenvalue weighted by molar-refractivity contribution is 0.381. The first-order valence-corrected chi connectivity index (χ1v) is 9.01. The Hall–Kier alpha value is 0.402. The van der Waals surface area contributed by atoms with Crippen molar-refractivity contribution in [2.75, 3.05) is 0 Å². The molecule has 0 bridgehead atoms. The van der Waals surface area contributed by atoms with E-state index in [0.29, 0.717) is 0 Å². The Balaban J connectivity index is -0.000000414. The van der Waals surface area contributed by atoms with Crippen molar-refractivity contribution in [3.63, 3.8) is 0 Å². The molecule has 2 N–H and O–H groups in total. The predicted molar refractivity (Wildman–Crippen MR) is 90.9 cm³/mol. The van der Waals surface area contributed by atoms with E-state index in [9.17, 15) is 0 Å². The monoisotopic (exact) mass is 326 g/mol. The molecule has 0 radical (unpaired) electrons. The molecule has 0 saturated carbocycles. The minimum Gasteiger partial charge on any atom is -0.264 e. The summed E-state index contributed by atoms with van der Waals surface area (Å²) in [5.41, 5.74) is 0. The van der Waals surface area contributed by atoms with Crippen molar-refractivity contribution in [2.45, 2.75) is 90.9 Å². The van der Waals surface area contributed by atoms with E-state index in [0.717, 1.165) is 0 Å². The fraction of sp³-hybridized carbons (Fsp3) is 1.00. The molecule has 0 spiro atoms. The van der Waals surface area contributed by atoms with Gasteiger partial charge in [-0.1, -0.05) is 90.9 Å². The van der Waals surface area contributed by atoms with E-state index < -0.39 is 10.4 Å². The Labute approximate surface area is 136 Å². The van der Waals surface area contributed by atoms with Crippen molar-refractivity contribution in [1.29, 1.82) is 0 Å². The Bertz CT molecular complexity index is 236. The highest BCUT2D eigenvalue weighted by Gasteiger charge is 1.91. The highest BCUT2D eigenvalue weighted by molar-refractivity contribution is 7.79. The molecule has 0 aromatic carbocycles. The number of rotatable bonds is 11. The van der Waals surface area contributed by atoms with Crippen molar-refractivity contribution >= 4 is 27.8 Å². The highest BCUT2D eigenvalue weighted by Crippen LogP contribution is 2.11. The van der Waals surface area contributed by atoms with Crippen LogP contribution in [0.15, 0.2) is 0 Å². The maximum atomic E-state index is 8.74. The van der Waals surface area contributed by atoms with Gasteiger partial charge in [-0.25, -0.2) is 0 Å². The Kier molecular flexibility index (Phi) is 24.6. The van der Waals surface area contributed by atoms with E-state index in [1.54, 1.807) is 0 Å². The van der Waals surface area contributed by atoms with Crippen molar-refractivity contribution in [2.24, 2.45) is 0 Å². The summed E-state index contributed by atoms with van der Waals surface area (Å²) in [5.74, 6) is 0. The molecule has 6 heteroatoms. The van der Waals surface area contributed by atoms with Gasteiger partial charge in [0, 0.05) is 0 Å². The molecule has 0 aliphatic rings. The van der Waals surface area contributed by atoms with Crippen LogP contribution in [0.25, 0.3) is 0 Å². The smallest absolute Gasteiger partial charge is 0.264 e. The average Bonchev–Trinajstić information content (AvgIpc) is 2.29. The van der Waals surface area contributed by atoms with Crippen molar-refractivity contribution in [1.82, 2.24) is 0 Å².